The van der Waals surface area contributed by atoms with Crippen molar-refractivity contribution in [2.24, 2.45) is 0 Å². The van der Waals surface area contributed by atoms with E-state index >= 15 is 0 Å². The van der Waals surface area contributed by atoms with Crippen LogP contribution in [0.2, 0.25) is 0 Å². The number of carbonyl (C=O) groups is 1. The van der Waals surface area contributed by atoms with Crippen LogP contribution in [0.3, 0.4) is 0 Å². The molecule has 1 atom stereocenters. The van der Waals surface area contributed by atoms with E-state index in [0.717, 1.165) is 45.4 Å². The standard InChI is InChI=1S/C24H21N3O/c1-15-22(20-8-5-11-25-23(20)27-15)17-9-10-19-21(13-17)18(14-26-24(19)28)12-16-6-3-2-4-7-16/h2-11,13,18H,12,14H2,1H3,(H,25,27)(H,26,28). The summed E-state index contributed by atoms with van der Waals surface area (Å²) in [5.74, 6) is 0.280. The van der Waals surface area contributed by atoms with Crippen molar-refractivity contribution in [2.45, 2.75) is 19.3 Å². The zero-order valence-electron chi connectivity index (χ0n) is 15.7. The second-order valence-corrected chi connectivity index (χ2v) is 7.42. The zero-order valence-corrected chi connectivity index (χ0v) is 15.7. The Balaban J connectivity index is 1.62. The summed E-state index contributed by atoms with van der Waals surface area (Å²) in [5, 5.41) is 4.16. The molecule has 1 unspecified atom stereocenters. The largest absolute Gasteiger partial charge is 0.351 e. The molecule has 28 heavy (non-hydrogen) atoms. The summed E-state index contributed by atoms with van der Waals surface area (Å²) < 4.78 is 0. The number of rotatable bonds is 3. The van der Waals surface area contributed by atoms with E-state index < -0.39 is 0 Å². The van der Waals surface area contributed by atoms with E-state index in [-0.39, 0.29) is 11.8 Å². The minimum Gasteiger partial charge on any atom is -0.351 e. The number of nitrogens with zero attached hydrogens (tertiary/aromatic N) is 1. The minimum atomic E-state index is 0.0168. The molecule has 5 rings (SSSR count). The maximum atomic E-state index is 12.4. The van der Waals surface area contributed by atoms with Gasteiger partial charge in [0.15, 0.2) is 0 Å². The Morgan fingerprint density at radius 2 is 1.93 bits per heavy atom. The summed E-state index contributed by atoms with van der Waals surface area (Å²) in [5.41, 5.74) is 7.47. The van der Waals surface area contributed by atoms with Gasteiger partial charge in [-0.25, -0.2) is 4.98 Å². The van der Waals surface area contributed by atoms with Crippen molar-refractivity contribution in [3.05, 3.63) is 89.2 Å². The summed E-state index contributed by atoms with van der Waals surface area (Å²) in [4.78, 5) is 20.2. The van der Waals surface area contributed by atoms with Crippen LogP contribution in [0.15, 0.2) is 66.9 Å². The predicted molar refractivity (Wildman–Crippen MR) is 111 cm³/mol. The van der Waals surface area contributed by atoms with Crippen LogP contribution >= 0.6 is 0 Å². The molecule has 1 aliphatic rings. The fourth-order valence-corrected chi connectivity index (χ4v) is 4.29. The number of amides is 1. The van der Waals surface area contributed by atoms with Crippen molar-refractivity contribution in [2.75, 3.05) is 6.54 Å². The molecule has 3 heterocycles. The molecule has 4 heteroatoms. The van der Waals surface area contributed by atoms with Crippen molar-refractivity contribution < 1.29 is 4.79 Å². The van der Waals surface area contributed by atoms with Gasteiger partial charge < -0.3 is 10.3 Å². The van der Waals surface area contributed by atoms with Gasteiger partial charge in [-0.2, -0.15) is 0 Å². The average molecular weight is 367 g/mol. The van der Waals surface area contributed by atoms with Gasteiger partial charge in [0.2, 0.25) is 0 Å². The summed E-state index contributed by atoms with van der Waals surface area (Å²) in [6.45, 7) is 2.74. The molecule has 2 aromatic carbocycles. The number of carbonyl (C=O) groups excluding carboxylic acids is 1. The van der Waals surface area contributed by atoms with Crippen LogP contribution in [0.5, 0.6) is 0 Å². The fourth-order valence-electron chi connectivity index (χ4n) is 4.29. The van der Waals surface area contributed by atoms with Gasteiger partial charge in [-0.05, 0) is 54.3 Å². The van der Waals surface area contributed by atoms with Crippen molar-refractivity contribution in [1.29, 1.82) is 0 Å². The van der Waals surface area contributed by atoms with E-state index in [4.69, 9.17) is 0 Å². The number of benzene rings is 2. The first-order valence-corrected chi connectivity index (χ1v) is 9.60. The van der Waals surface area contributed by atoms with Crippen LogP contribution in [-0.2, 0) is 6.42 Å². The SMILES string of the molecule is Cc1[nH]c2ncccc2c1-c1ccc2c(c1)C(Cc1ccccc1)CNC2=O. The maximum Gasteiger partial charge on any atom is 0.251 e. The minimum absolute atomic E-state index is 0.0168. The molecule has 0 spiro atoms. The second kappa shape index (κ2) is 6.64. The lowest BCUT2D eigenvalue weighted by Crippen LogP contribution is -2.35. The summed E-state index contributed by atoms with van der Waals surface area (Å²) in [6, 6.07) is 20.7. The molecule has 0 radical (unpaired) electrons. The van der Waals surface area contributed by atoms with Crippen molar-refractivity contribution in [3.63, 3.8) is 0 Å². The molecule has 0 aliphatic carbocycles. The third kappa shape index (κ3) is 2.78. The highest BCUT2D eigenvalue weighted by molar-refractivity contribution is 6.00. The molecule has 0 saturated carbocycles. The molecule has 4 aromatic rings. The van der Waals surface area contributed by atoms with Crippen molar-refractivity contribution >= 4 is 16.9 Å². The number of hydrogen-bond donors (Lipinski definition) is 2. The quantitative estimate of drug-likeness (QED) is 0.556. The number of aromatic nitrogens is 2. The van der Waals surface area contributed by atoms with Gasteiger partial charge in [0.1, 0.15) is 5.65 Å². The number of H-pyrrole nitrogens is 1. The molecule has 0 fully saturated rings. The predicted octanol–water partition coefficient (Wildman–Crippen LogP) is 4.61. The van der Waals surface area contributed by atoms with Gasteiger partial charge in [0, 0.05) is 40.9 Å². The van der Waals surface area contributed by atoms with Gasteiger partial charge in [0.05, 0.1) is 0 Å². The summed E-state index contributed by atoms with van der Waals surface area (Å²) in [7, 11) is 0. The summed E-state index contributed by atoms with van der Waals surface area (Å²) in [6.07, 6.45) is 2.71. The number of fused-ring (bicyclic) bond motifs is 2. The molecule has 1 amide bonds. The monoisotopic (exact) mass is 367 g/mol. The van der Waals surface area contributed by atoms with E-state index in [1.165, 1.54) is 5.56 Å². The number of nitrogens with one attached hydrogen (secondary N) is 2. The van der Waals surface area contributed by atoms with Gasteiger partial charge >= 0.3 is 0 Å². The number of aryl methyl sites for hydroxylation is 1. The van der Waals surface area contributed by atoms with Gasteiger partial charge in [-0.3, -0.25) is 4.79 Å². The van der Waals surface area contributed by atoms with E-state index in [0.29, 0.717) is 6.54 Å². The third-order valence-electron chi connectivity index (χ3n) is 5.62. The van der Waals surface area contributed by atoms with Gasteiger partial charge in [0.25, 0.3) is 5.91 Å². The molecule has 2 aromatic heterocycles. The van der Waals surface area contributed by atoms with Crippen LogP contribution in [0.1, 0.15) is 33.1 Å². The summed E-state index contributed by atoms with van der Waals surface area (Å²) >= 11 is 0. The Bertz CT molecular complexity index is 1180. The molecule has 0 bridgehead atoms. The third-order valence-corrected chi connectivity index (χ3v) is 5.62. The van der Waals surface area contributed by atoms with Gasteiger partial charge in [-0.15, -0.1) is 0 Å². The van der Waals surface area contributed by atoms with Crippen molar-refractivity contribution in [3.8, 4) is 11.1 Å². The zero-order chi connectivity index (χ0) is 19.1. The number of pyridine rings is 1. The highest BCUT2D eigenvalue weighted by Gasteiger charge is 2.26. The molecule has 0 saturated heterocycles. The van der Waals surface area contributed by atoms with E-state index in [1.807, 2.05) is 24.3 Å². The Kier molecular flexibility index (Phi) is 3.97. The topological polar surface area (TPSA) is 57.8 Å². The van der Waals surface area contributed by atoms with Crippen LogP contribution in [0.25, 0.3) is 22.2 Å². The van der Waals surface area contributed by atoms with Crippen LogP contribution in [-0.4, -0.2) is 22.4 Å². The van der Waals surface area contributed by atoms with Crippen LogP contribution in [0, 0.1) is 6.92 Å². The van der Waals surface area contributed by atoms with Gasteiger partial charge in [-0.1, -0.05) is 36.4 Å². The second-order valence-electron chi connectivity index (χ2n) is 7.42. The Morgan fingerprint density at radius 3 is 2.79 bits per heavy atom. The molecular weight excluding hydrogens is 346 g/mol. The lowest BCUT2D eigenvalue weighted by atomic mass is 9.84. The number of aromatic amines is 1. The van der Waals surface area contributed by atoms with E-state index in [2.05, 4.69) is 58.6 Å². The van der Waals surface area contributed by atoms with E-state index in [1.54, 1.807) is 6.20 Å². The van der Waals surface area contributed by atoms with Crippen LogP contribution in [0.4, 0.5) is 0 Å². The Hall–Kier alpha value is -3.40. The Morgan fingerprint density at radius 1 is 1.07 bits per heavy atom. The highest BCUT2D eigenvalue weighted by Crippen LogP contribution is 2.35. The lowest BCUT2D eigenvalue weighted by Gasteiger charge is -2.26. The number of hydrogen-bond acceptors (Lipinski definition) is 2. The average Bonchev–Trinajstić information content (AvgIpc) is 3.06. The van der Waals surface area contributed by atoms with Crippen LogP contribution < -0.4 is 5.32 Å². The molecule has 138 valence electrons. The van der Waals surface area contributed by atoms with E-state index in [9.17, 15) is 4.79 Å². The fraction of sp³-hybridized carbons (Fsp3) is 0.167. The first-order valence-electron chi connectivity index (χ1n) is 9.60. The highest BCUT2D eigenvalue weighted by atomic mass is 16.1. The maximum absolute atomic E-state index is 12.4. The molecule has 4 nitrogen and oxygen atoms in total. The Labute approximate surface area is 163 Å². The first-order chi connectivity index (χ1) is 13.7. The molecule has 2 N–H and O–H groups in total. The van der Waals surface area contributed by atoms with Crippen molar-refractivity contribution in [1.82, 2.24) is 15.3 Å². The normalized spacial score (nSPS) is 16.0. The first kappa shape index (κ1) is 16.8. The molecule has 1 aliphatic heterocycles. The molecular formula is C24H21N3O. The lowest BCUT2D eigenvalue weighted by molar-refractivity contribution is 0.0940. The smallest absolute Gasteiger partial charge is 0.251 e.